The van der Waals surface area contributed by atoms with Crippen LogP contribution >= 0.6 is 34.8 Å². The molecule has 0 saturated carbocycles. The number of esters is 1. The van der Waals surface area contributed by atoms with Crippen LogP contribution in [0.4, 0.5) is 4.79 Å². The zero-order valence-electron chi connectivity index (χ0n) is 13.8. The molecule has 0 aliphatic carbocycles. The molecule has 2 atom stereocenters. The highest BCUT2D eigenvalue weighted by atomic mass is 35.6. The van der Waals surface area contributed by atoms with Gasteiger partial charge in [0.1, 0.15) is 25.1 Å². The highest BCUT2D eigenvalue weighted by molar-refractivity contribution is 6.67. The van der Waals surface area contributed by atoms with E-state index in [1.807, 2.05) is 0 Å². The Labute approximate surface area is 155 Å². The fourth-order valence-electron chi connectivity index (χ4n) is 1.39. The monoisotopic (exact) mass is 409 g/mol. The quantitative estimate of drug-likeness (QED) is 0.357. The van der Waals surface area contributed by atoms with Crippen LogP contribution in [0.25, 0.3) is 0 Å². The number of methoxy groups -OCH3 is 1. The number of halogens is 3. The third-order valence-electron chi connectivity index (χ3n) is 2.25. The van der Waals surface area contributed by atoms with Gasteiger partial charge in [-0.25, -0.2) is 9.59 Å². The number of alkyl halides is 3. The smallest absolute Gasteiger partial charge is 0.408 e. The molecule has 8 nitrogen and oxygen atoms in total. The molecule has 0 rings (SSSR count). The second-order valence-corrected chi connectivity index (χ2v) is 8.16. The molecule has 0 radical (unpaired) electrons. The van der Waals surface area contributed by atoms with Gasteiger partial charge in [-0.15, -0.1) is 0 Å². The van der Waals surface area contributed by atoms with E-state index in [1.54, 1.807) is 20.8 Å². The van der Waals surface area contributed by atoms with Crippen LogP contribution in [0.2, 0.25) is 0 Å². The van der Waals surface area contributed by atoms with Crippen molar-refractivity contribution < 1.29 is 33.6 Å². The normalized spacial score (nSPS) is 14.7. The lowest BCUT2D eigenvalue weighted by Crippen LogP contribution is -2.53. The summed E-state index contributed by atoms with van der Waals surface area (Å²) >= 11 is 16.4. The van der Waals surface area contributed by atoms with Gasteiger partial charge in [-0.1, -0.05) is 34.8 Å². The molecular formula is C13H22Cl3NO7. The second kappa shape index (κ2) is 10.5. The van der Waals surface area contributed by atoms with E-state index in [0.717, 1.165) is 0 Å². The second-order valence-electron chi connectivity index (χ2n) is 5.64. The Bertz CT molecular complexity index is 409. The zero-order valence-corrected chi connectivity index (χ0v) is 16.1. The number of carbonyl (C=O) groups is 2. The van der Waals surface area contributed by atoms with Crippen molar-refractivity contribution in [3.8, 4) is 0 Å². The molecule has 2 N–H and O–H groups in total. The summed E-state index contributed by atoms with van der Waals surface area (Å²) in [5.74, 6) is -0.830. The van der Waals surface area contributed by atoms with Gasteiger partial charge in [-0.05, 0) is 20.8 Å². The topological polar surface area (TPSA) is 103 Å². The van der Waals surface area contributed by atoms with Gasteiger partial charge in [0.2, 0.25) is 3.79 Å². The third-order valence-corrected chi connectivity index (χ3v) is 2.58. The fourth-order valence-corrected chi connectivity index (χ4v) is 1.56. The van der Waals surface area contributed by atoms with Gasteiger partial charge >= 0.3 is 12.1 Å². The molecule has 0 unspecified atom stereocenters. The van der Waals surface area contributed by atoms with Gasteiger partial charge in [0.25, 0.3) is 0 Å². The van der Waals surface area contributed by atoms with Crippen molar-refractivity contribution in [1.82, 2.24) is 5.32 Å². The van der Waals surface area contributed by atoms with E-state index in [1.165, 1.54) is 7.11 Å². The zero-order chi connectivity index (χ0) is 19.0. The number of nitrogens with one attached hydrogen (secondary N) is 1. The average molecular weight is 411 g/mol. The maximum absolute atomic E-state index is 12.3. The van der Waals surface area contributed by atoms with Crippen LogP contribution in [-0.4, -0.2) is 65.8 Å². The first kappa shape index (κ1) is 23.5. The number of rotatable bonds is 8. The Morgan fingerprint density at radius 3 is 2.21 bits per heavy atom. The van der Waals surface area contributed by atoms with E-state index in [4.69, 9.17) is 53.8 Å². The lowest BCUT2D eigenvalue weighted by atomic mass is 10.1. The standard InChI is InChI=1S/C13H22Cl3NO7/c1-12(2,3)24-10(19)9(8(5-18)23-7-21-4)17-11(20)22-6-13(14,15)16/h8-9,18H,5-7H2,1-4H3,(H,17,20)/t8-,9-/m0/s1. The van der Waals surface area contributed by atoms with Crippen molar-refractivity contribution in [1.29, 1.82) is 0 Å². The van der Waals surface area contributed by atoms with Crippen molar-refractivity contribution in [2.24, 2.45) is 0 Å². The number of aliphatic hydroxyl groups is 1. The van der Waals surface area contributed by atoms with Crippen LogP contribution in [-0.2, 0) is 23.7 Å². The Hall–Kier alpha value is -0.510. The molecule has 0 fully saturated rings. The van der Waals surface area contributed by atoms with E-state index in [-0.39, 0.29) is 6.79 Å². The molecule has 0 heterocycles. The van der Waals surface area contributed by atoms with Gasteiger partial charge in [0, 0.05) is 7.11 Å². The first-order valence-corrected chi connectivity index (χ1v) is 7.97. The van der Waals surface area contributed by atoms with Gasteiger partial charge < -0.3 is 29.4 Å². The van der Waals surface area contributed by atoms with E-state index >= 15 is 0 Å². The van der Waals surface area contributed by atoms with Crippen LogP contribution in [0, 0.1) is 0 Å². The lowest BCUT2D eigenvalue weighted by Gasteiger charge is -2.28. The summed E-state index contributed by atoms with van der Waals surface area (Å²) in [5, 5.41) is 11.6. The maximum Gasteiger partial charge on any atom is 0.408 e. The Kier molecular flexibility index (Phi) is 10.3. The molecular weight excluding hydrogens is 389 g/mol. The fraction of sp³-hybridized carbons (Fsp3) is 0.846. The Morgan fingerprint density at radius 1 is 1.21 bits per heavy atom. The van der Waals surface area contributed by atoms with Crippen LogP contribution in [0.3, 0.4) is 0 Å². The van der Waals surface area contributed by atoms with Crippen molar-refractivity contribution in [3.05, 3.63) is 0 Å². The van der Waals surface area contributed by atoms with E-state index in [2.05, 4.69) is 5.32 Å². The minimum absolute atomic E-state index is 0.213. The van der Waals surface area contributed by atoms with E-state index in [9.17, 15) is 14.7 Å². The number of hydrogen-bond acceptors (Lipinski definition) is 7. The number of hydrogen-bond donors (Lipinski definition) is 2. The number of aliphatic hydroxyl groups excluding tert-OH is 1. The van der Waals surface area contributed by atoms with Crippen molar-refractivity contribution in [2.45, 2.75) is 42.3 Å². The predicted octanol–water partition coefficient (Wildman–Crippen LogP) is 1.77. The summed E-state index contributed by atoms with van der Waals surface area (Å²) in [6.45, 7) is 3.61. The van der Waals surface area contributed by atoms with Gasteiger partial charge in [0.05, 0.1) is 6.61 Å². The minimum atomic E-state index is -1.80. The molecule has 0 aromatic rings. The van der Waals surface area contributed by atoms with Gasteiger partial charge in [0.15, 0.2) is 6.04 Å². The third kappa shape index (κ3) is 11.1. The molecule has 0 spiro atoms. The van der Waals surface area contributed by atoms with Crippen molar-refractivity contribution >= 4 is 46.9 Å². The highest BCUT2D eigenvalue weighted by Crippen LogP contribution is 2.25. The van der Waals surface area contributed by atoms with Crippen molar-refractivity contribution in [3.63, 3.8) is 0 Å². The Morgan fingerprint density at radius 2 is 1.79 bits per heavy atom. The minimum Gasteiger partial charge on any atom is -0.458 e. The number of alkyl carbamates (subject to hydrolysis) is 1. The number of carbonyl (C=O) groups excluding carboxylic acids is 2. The first-order valence-electron chi connectivity index (χ1n) is 6.84. The molecule has 1 amide bonds. The summed E-state index contributed by atoms with van der Waals surface area (Å²) in [5.41, 5.74) is -0.820. The molecule has 24 heavy (non-hydrogen) atoms. The first-order chi connectivity index (χ1) is 10.9. The number of amides is 1. The van der Waals surface area contributed by atoms with Crippen LogP contribution < -0.4 is 5.32 Å². The molecule has 142 valence electrons. The Balaban J connectivity index is 5.02. The van der Waals surface area contributed by atoms with E-state index < -0.39 is 46.8 Å². The summed E-state index contributed by atoms with van der Waals surface area (Å²) < 4.78 is 18.0. The molecule has 0 bridgehead atoms. The van der Waals surface area contributed by atoms with Crippen LogP contribution in [0.1, 0.15) is 20.8 Å². The molecule has 0 saturated heterocycles. The molecule has 0 aliphatic rings. The predicted molar refractivity (Wildman–Crippen MR) is 88.2 cm³/mol. The SMILES string of the molecule is COCO[C@@H](CO)[C@H](NC(=O)OCC(Cl)(Cl)Cl)C(=O)OC(C)(C)C. The van der Waals surface area contributed by atoms with Crippen molar-refractivity contribution in [2.75, 3.05) is 27.1 Å². The highest BCUT2D eigenvalue weighted by Gasteiger charge is 2.35. The molecule has 0 aromatic carbocycles. The summed E-state index contributed by atoms with van der Waals surface area (Å²) in [4.78, 5) is 24.0. The largest absolute Gasteiger partial charge is 0.458 e. The van der Waals surface area contributed by atoms with E-state index in [0.29, 0.717) is 0 Å². The number of ether oxygens (including phenoxy) is 4. The maximum atomic E-state index is 12.3. The molecule has 11 heteroatoms. The summed E-state index contributed by atoms with van der Waals surface area (Å²) in [6.07, 6.45) is -2.17. The molecule has 0 aromatic heterocycles. The summed E-state index contributed by atoms with van der Waals surface area (Å²) in [6, 6.07) is -1.35. The average Bonchev–Trinajstić information content (AvgIpc) is 2.41. The lowest BCUT2D eigenvalue weighted by molar-refractivity contribution is -0.167. The molecule has 0 aliphatic heterocycles. The van der Waals surface area contributed by atoms with Crippen LogP contribution in [0.15, 0.2) is 0 Å². The van der Waals surface area contributed by atoms with Gasteiger partial charge in [-0.3, -0.25) is 0 Å². The van der Waals surface area contributed by atoms with Crippen LogP contribution in [0.5, 0.6) is 0 Å². The summed E-state index contributed by atoms with van der Waals surface area (Å²) in [7, 11) is 1.36. The van der Waals surface area contributed by atoms with Gasteiger partial charge in [-0.2, -0.15) is 0 Å².